The van der Waals surface area contributed by atoms with Gasteiger partial charge in [0.25, 0.3) is 0 Å². The lowest BCUT2D eigenvalue weighted by Crippen LogP contribution is -2.62. The molecule has 4 saturated carbocycles. The van der Waals surface area contributed by atoms with E-state index in [0.717, 1.165) is 63.5 Å². The van der Waals surface area contributed by atoms with E-state index in [1.165, 1.54) is 0 Å². The van der Waals surface area contributed by atoms with E-state index in [1.54, 1.807) is 0 Å². The van der Waals surface area contributed by atoms with Crippen LogP contribution in [0.5, 0.6) is 0 Å². The fourth-order valence-electron chi connectivity index (χ4n) is 13.5. The maximum atomic E-state index is 12.7. The molecule has 6 aliphatic rings. The fourth-order valence-corrected chi connectivity index (χ4v) is 15.4. The molecule has 14 atom stereocenters. The number of aliphatic hydroxyl groups excluding tert-OH is 3. The van der Waals surface area contributed by atoms with Gasteiger partial charge in [0.15, 0.2) is 0 Å². The van der Waals surface area contributed by atoms with E-state index in [0.29, 0.717) is 129 Å². The summed E-state index contributed by atoms with van der Waals surface area (Å²) in [5.41, 5.74) is -0.737. The summed E-state index contributed by atoms with van der Waals surface area (Å²) >= 11 is 1.88. The molecule has 70 heavy (non-hydrogen) atoms. The van der Waals surface area contributed by atoms with Crippen LogP contribution in [0.15, 0.2) is 0 Å². The van der Waals surface area contributed by atoms with Crippen LogP contribution in [0, 0.1) is 46.3 Å². The number of aliphatic hydroxyl groups is 3. The number of urea groups is 1. The third-order valence-corrected chi connectivity index (χ3v) is 19.6. The van der Waals surface area contributed by atoms with E-state index >= 15 is 0 Å². The summed E-state index contributed by atoms with van der Waals surface area (Å²) in [6, 6.07) is -0.0983. The number of hydrogen-bond acceptors (Lipinski definition) is 16. The summed E-state index contributed by atoms with van der Waals surface area (Å²) in [5, 5.41) is 40.3. The van der Waals surface area contributed by atoms with Crippen LogP contribution in [0.25, 0.3) is 0 Å². The van der Waals surface area contributed by atoms with Gasteiger partial charge in [0, 0.05) is 23.8 Å². The van der Waals surface area contributed by atoms with Gasteiger partial charge in [-0.3, -0.25) is 9.59 Å². The van der Waals surface area contributed by atoms with Gasteiger partial charge in [-0.15, -0.1) is 0 Å². The Morgan fingerprint density at radius 2 is 1.19 bits per heavy atom. The number of carbonyl (C=O) groups excluding carboxylic acids is 3. The van der Waals surface area contributed by atoms with E-state index in [2.05, 4.69) is 45.3 Å². The van der Waals surface area contributed by atoms with Crippen LogP contribution in [0.2, 0.25) is 0 Å². The molecule has 0 unspecified atom stereocenters. The zero-order chi connectivity index (χ0) is 50.2. The highest BCUT2D eigenvalue weighted by atomic mass is 32.2. The molecule has 404 valence electrons. The SMILES string of the molecule is C[C@H](CCC(=O)OCCOCCOCCOCCOCCOCCOCCOCCOC(=O)CCCC[C@@H]1SC[C@]2(C)NC(=O)N[C@]12C)[C@H]1CC[C@H]2[C@@H]3[C@H](O)C[C@@H]4C[C@H](O)CC[C@]4(C)[C@H]3C[C@H](O)[C@]12C. The molecule has 4 aliphatic carbocycles. The van der Waals surface area contributed by atoms with Crippen molar-refractivity contribution in [2.75, 3.05) is 111 Å². The molecule has 0 aromatic heterocycles. The van der Waals surface area contributed by atoms with Gasteiger partial charge in [-0.05, 0) is 124 Å². The Labute approximate surface area is 421 Å². The second-order valence-electron chi connectivity index (χ2n) is 21.9. The monoisotopic (exact) mass is 1010 g/mol. The Hall–Kier alpha value is -1.84. The highest BCUT2D eigenvalue weighted by molar-refractivity contribution is 8.00. The topological polar surface area (TPSA) is 219 Å². The molecule has 0 spiro atoms. The van der Waals surface area contributed by atoms with Crippen LogP contribution >= 0.6 is 11.8 Å². The number of esters is 2. The molecule has 0 radical (unpaired) electrons. The van der Waals surface area contributed by atoms with E-state index in [1.807, 2.05) is 11.8 Å². The normalized spacial score (nSPS) is 35.8. The van der Waals surface area contributed by atoms with Crippen molar-refractivity contribution in [2.24, 2.45) is 46.3 Å². The Morgan fingerprint density at radius 1 is 0.657 bits per heavy atom. The number of unbranched alkanes of at least 4 members (excludes halogenated alkanes) is 1. The maximum Gasteiger partial charge on any atom is 0.315 e. The molecule has 18 heteroatoms. The summed E-state index contributed by atoms with van der Waals surface area (Å²) in [5.74, 6) is 1.99. The van der Waals surface area contributed by atoms with E-state index in [9.17, 15) is 29.7 Å². The van der Waals surface area contributed by atoms with Crippen molar-refractivity contribution in [1.29, 1.82) is 0 Å². The third kappa shape index (κ3) is 14.7. The summed E-state index contributed by atoms with van der Waals surface area (Å²) in [6.45, 7) is 17.3. The second-order valence-corrected chi connectivity index (χ2v) is 23.1. The number of ether oxygens (including phenoxy) is 9. The first kappa shape index (κ1) is 57.4. The summed E-state index contributed by atoms with van der Waals surface area (Å²) in [6.07, 6.45) is 8.91. The van der Waals surface area contributed by atoms with Crippen molar-refractivity contribution in [3.8, 4) is 0 Å². The Bertz CT molecular complexity index is 1620. The van der Waals surface area contributed by atoms with E-state index in [4.69, 9.17) is 42.6 Å². The van der Waals surface area contributed by atoms with Gasteiger partial charge in [0.2, 0.25) is 0 Å². The molecule has 17 nitrogen and oxygen atoms in total. The summed E-state index contributed by atoms with van der Waals surface area (Å²) in [7, 11) is 0. The quantitative estimate of drug-likeness (QED) is 0.0329. The number of hydrogen-bond donors (Lipinski definition) is 5. The maximum absolute atomic E-state index is 12.7. The van der Waals surface area contributed by atoms with Gasteiger partial charge >= 0.3 is 18.0 Å². The largest absolute Gasteiger partial charge is 0.463 e. The average molecular weight is 1020 g/mol. The van der Waals surface area contributed by atoms with Gasteiger partial charge in [-0.2, -0.15) is 11.8 Å². The lowest BCUT2D eigenvalue weighted by molar-refractivity contribution is -0.207. The molecule has 0 bridgehead atoms. The summed E-state index contributed by atoms with van der Waals surface area (Å²) in [4.78, 5) is 36.7. The Morgan fingerprint density at radius 3 is 1.74 bits per heavy atom. The van der Waals surface area contributed by atoms with Crippen LogP contribution in [0.1, 0.15) is 118 Å². The molecule has 2 amide bonds. The second kappa shape index (κ2) is 27.6. The molecule has 2 aliphatic heterocycles. The number of carbonyl (C=O) groups is 3. The lowest BCUT2D eigenvalue weighted by Gasteiger charge is -2.63. The van der Waals surface area contributed by atoms with Crippen molar-refractivity contribution >= 4 is 29.7 Å². The molecule has 0 aromatic rings. The Balaban J connectivity index is 0.650. The zero-order valence-corrected chi connectivity index (χ0v) is 44.0. The predicted octanol–water partition coefficient (Wildman–Crippen LogP) is 5.07. The van der Waals surface area contributed by atoms with Crippen molar-refractivity contribution in [3.63, 3.8) is 0 Å². The molecular formula is C52H90N2O15S. The molecule has 6 rings (SSSR count). The van der Waals surface area contributed by atoms with E-state index in [-0.39, 0.29) is 94.9 Å². The minimum atomic E-state index is -0.437. The van der Waals surface area contributed by atoms with E-state index < -0.39 is 6.10 Å². The highest BCUT2D eigenvalue weighted by Gasteiger charge is 2.66. The summed E-state index contributed by atoms with van der Waals surface area (Å²) < 4.78 is 49.5. The molecule has 2 saturated heterocycles. The van der Waals surface area contributed by atoms with Crippen LogP contribution in [0.3, 0.4) is 0 Å². The van der Waals surface area contributed by atoms with Crippen LogP contribution in [0.4, 0.5) is 4.79 Å². The average Bonchev–Trinajstić information content (AvgIpc) is 3.89. The zero-order valence-electron chi connectivity index (χ0n) is 43.1. The molecule has 2 heterocycles. The van der Waals surface area contributed by atoms with Crippen LogP contribution in [-0.2, 0) is 52.2 Å². The molecule has 0 aromatic carbocycles. The van der Waals surface area contributed by atoms with Crippen molar-refractivity contribution in [3.05, 3.63) is 0 Å². The standard InChI is InChI=1S/C52H90N2O15S/c1-36(39-11-12-40-47-41(34-43(57)51(39,40)4)49(2)15-14-38(55)32-37(49)33-42(47)56)10-13-46(59)69-31-29-67-27-25-65-23-21-63-19-17-61-16-18-62-20-22-64-24-26-66-28-30-68-45(58)9-7-6-8-44-52(5)50(3,35-70-44)53-48(60)54-52/h36-44,47,55-57H,6-35H2,1-5H3,(H2,53,54,60)/t36-,37+,38-,39-,40+,41+,42-,43+,44+,47+,49+,50+,51-,52-/m1/s1. The lowest BCUT2D eigenvalue weighted by atomic mass is 9.43. The van der Waals surface area contributed by atoms with Gasteiger partial charge in [0.1, 0.15) is 13.2 Å². The molecule has 6 fully saturated rings. The molecule has 5 N–H and O–H groups in total. The number of rotatable bonds is 33. The minimum Gasteiger partial charge on any atom is -0.463 e. The van der Waals surface area contributed by atoms with Crippen LogP contribution < -0.4 is 10.6 Å². The van der Waals surface area contributed by atoms with Gasteiger partial charge in [-0.1, -0.05) is 27.2 Å². The number of nitrogens with one attached hydrogen (secondary N) is 2. The smallest absolute Gasteiger partial charge is 0.315 e. The predicted molar refractivity (Wildman–Crippen MR) is 263 cm³/mol. The first-order chi connectivity index (χ1) is 33.6. The minimum absolute atomic E-state index is 0.0559. The highest BCUT2D eigenvalue weighted by Crippen LogP contribution is 2.68. The third-order valence-electron chi connectivity index (χ3n) is 17.8. The Kier molecular flexibility index (Phi) is 22.7. The van der Waals surface area contributed by atoms with Gasteiger partial charge < -0.3 is 68.6 Å². The van der Waals surface area contributed by atoms with Crippen molar-refractivity contribution < 1.29 is 72.3 Å². The molecular weight excluding hydrogens is 925 g/mol. The fraction of sp³-hybridized carbons (Fsp3) is 0.942. The van der Waals surface area contributed by atoms with Crippen molar-refractivity contribution in [1.82, 2.24) is 10.6 Å². The first-order valence-corrected chi connectivity index (χ1v) is 27.8. The number of amides is 2. The van der Waals surface area contributed by atoms with Gasteiger partial charge in [0.05, 0.1) is 122 Å². The first-order valence-electron chi connectivity index (χ1n) is 26.7. The number of thioether (sulfide) groups is 1. The van der Waals surface area contributed by atoms with Gasteiger partial charge in [-0.25, -0.2) is 4.79 Å². The van der Waals surface area contributed by atoms with Crippen LogP contribution in [-0.4, -0.2) is 179 Å². The number of fused-ring (bicyclic) bond motifs is 6. The van der Waals surface area contributed by atoms with Crippen molar-refractivity contribution in [2.45, 2.75) is 153 Å².